The van der Waals surface area contributed by atoms with Gasteiger partial charge in [0.2, 0.25) is 0 Å². The van der Waals surface area contributed by atoms with Gasteiger partial charge in [-0.2, -0.15) is 0 Å². The van der Waals surface area contributed by atoms with Gasteiger partial charge in [0, 0.05) is 13.5 Å². The van der Waals surface area contributed by atoms with Crippen molar-refractivity contribution in [1.82, 2.24) is 5.32 Å². The van der Waals surface area contributed by atoms with Crippen LogP contribution in [-0.2, 0) is 9.59 Å². The first-order valence-corrected chi connectivity index (χ1v) is 7.68. The van der Waals surface area contributed by atoms with Crippen LogP contribution in [-0.4, -0.2) is 23.8 Å². The molecule has 25 heavy (non-hydrogen) atoms. The van der Waals surface area contributed by atoms with Gasteiger partial charge < -0.3 is 16.2 Å². The average molecular weight is 342 g/mol. The Bertz CT molecular complexity index is 786. The zero-order valence-corrected chi connectivity index (χ0v) is 13.7. The number of likely N-dealkylation sites (N-methyl/N-ethyl adjacent to an activating group) is 1. The number of aliphatic hydroxyl groups is 1. The van der Waals surface area contributed by atoms with E-state index in [0.717, 1.165) is 0 Å². The molecule has 1 atom stereocenters. The second-order valence-electron chi connectivity index (χ2n) is 5.43. The monoisotopic (exact) mass is 342 g/mol. The smallest absolute Gasteiger partial charge is 0.256 e. The van der Waals surface area contributed by atoms with Crippen LogP contribution in [0.25, 0.3) is 5.70 Å². The minimum atomic E-state index is -1.17. The lowest BCUT2D eigenvalue weighted by Crippen LogP contribution is -2.28. The molecule has 2 rings (SSSR count). The number of halogens is 1. The molecule has 0 heterocycles. The number of amides is 1. The van der Waals surface area contributed by atoms with Crippen molar-refractivity contribution in [3.05, 3.63) is 77.1 Å². The van der Waals surface area contributed by atoms with Gasteiger partial charge >= 0.3 is 0 Å². The van der Waals surface area contributed by atoms with Gasteiger partial charge in [-0.3, -0.25) is 9.59 Å². The number of hydrogen-bond donors (Lipinski definition) is 3. The molecule has 0 aliphatic rings. The molecule has 2 aromatic rings. The highest BCUT2D eigenvalue weighted by molar-refractivity contribution is 6.24. The summed E-state index contributed by atoms with van der Waals surface area (Å²) in [6.45, 7) is 0. The van der Waals surface area contributed by atoms with Gasteiger partial charge in [-0.05, 0) is 23.3 Å². The lowest BCUT2D eigenvalue weighted by Gasteiger charge is -2.14. The number of nitrogens with two attached hydrogens (primary N) is 1. The van der Waals surface area contributed by atoms with E-state index in [9.17, 15) is 19.1 Å². The molecule has 0 aliphatic heterocycles. The first kappa shape index (κ1) is 18.4. The highest BCUT2D eigenvalue weighted by Crippen LogP contribution is 2.22. The van der Waals surface area contributed by atoms with E-state index in [1.54, 1.807) is 30.3 Å². The van der Waals surface area contributed by atoms with Crippen LogP contribution in [0.1, 0.15) is 23.7 Å². The van der Waals surface area contributed by atoms with Crippen molar-refractivity contribution >= 4 is 17.4 Å². The second kappa shape index (κ2) is 8.21. The van der Waals surface area contributed by atoms with E-state index >= 15 is 0 Å². The number of aliphatic hydroxyl groups excluding tert-OH is 1. The number of ketones is 1. The zero-order chi connectivity index (χ0) is 18.4. The normalized spacial score (nSPS) is 12.9. The molecule has 0 aromatic heterocycles. The summed E-state index contributed by atoms with van der Waals surface area (Å²) < 4.78 is 13.0. The molecule has 0 aliphatic carbocycles. The van der Waals surface area contributed by atoms with Crippen molar-refractivity contribution < 1.29 is 19.1 Å². The topological polar surface area (TPSA) is 92.4 Å². The van der Waals surface area contributed by atoms with Crippen LogP contribution >= 0.6 is 0 Å². The predicted octanol–water partition coefficient (Wildman–Crippen LogP) is 1.93. The van der Waals surface area contributed by atoms with E-state index < -0.39 is 23.6 Å². The third kappa shape index (κ3) is 4.51. The van der Waals surface area contributed by atoms with Crippen LogP contribution in [0.4, 0.5) is 4.39 Å². The van der Waals surface area contributed by atoms with E-state index in [1.807, 2.05) is 0 Å². The lowest BCUT2D eigenvalue weighted by atomic mass is 9.96. The van der Waals surface area contributed by atoms with Crippen molar-refractivity contribution in [2.45, 2.75) is 12.5 Å². The molecule has 6 heteroatoms. The van der Waals surface area contributed by atoms with E-state index in [0.29, 0.717) is 11.1 Å². The number of rotatable bonds is 6. The largest absolute Gasteiger partial charge is 0.397 e. The molecular weight excluding hydrogens is 323 g/mol. The molecule has 0 saturated carbocycles. The van der Waals surface area contributed by atoms with Crippen LogP contribution in [0.3, 0.4) is 0 Å². The van der Waals surface area contributed by atoms with E-state index in [1.165, 1.54) is 31.3 Å². The maximum Gasteiger partial charge on any atom is 0.256 e. The molecular formula is C19H19FN2O3. The highest BCUT2D eigenvalue weighted by atomic mass is 19.1. The Labute approximate surface area is 145 Å². The van der Waals surface area contributed by atoms with Gasteiger partial charge in [0.05, 0.1) is 11.8 Å². The molecule has 0 radical (unpaired) electrons. The summed E-state index contributed by atoms with van der Waals surface area (Å²) in [5, 5.41) is 12.6. The summed E-state index contributed by atoms with van der Waals surface area (Å²) >= 11 is 0. The van der Waals surface area contributed by atoms with E-state index in [-0.39, 0.29) is 17.7 Å². The minimum Gasteiger partial charge on any atom is -0.397 e. The second-order valence-corrected chi connectivity index (χ2v) is 5.43. The number of carbonyl (C=O) groups excluding carboxylic acids is 2. The van der Waals surface area contributed by atoms with Gasteiger partial charge in [-0.15, -0.1) is 0 Å². The number of carbonyl (C=O) groups is 2. The van der Waals surface area contributed by atoms with Crippen LogP contribution in [0.5, 0.6) is 0 Å². The van der Waals surface area contributed by atoms with E-state index in [4.69, 9.17) is 5.73 Å². The summed E-state index contributed by atoms with van der Waals surface area (Å²) in [7, 11) is 1.39. The van der Waals surface area contributed by atoms with Gasteiger partial charge in [0.15, 0.2) is 5.78 Å². The SMILES string of the molecule is CNC(=O)C(C(=O)CC(O)c1ccc(F)cc1)=C(N)c1ccccc1. The van der Waals surface area contributed by atoms with Crippen molar-refractivity contribution in [3.63, 3.8) is 0 Å². The predicted molar refractivity (Wildman–Crippen MR) is 92.6 cm³/mol. The fraction of sp³-hybridized carbons (Fsp3) is 0.158. The average Bonchev–Trinajstić information content (AvgIpc) is 2.62. The summed E-state index contributed by atoms with van der Waals surface area (Å²) in [5.41, 5.74) is 6.75. The quantitative estimate of drug-likeness (QED) is 0.425. The van der Waals surface area contributed by atoms with Gasteiger partial charge in [0.25, 0.3) is 5.91 Å². The maximum atomic E-state index is 13.0. The van der Waals surface area contributed by atoms with Crippen molar-refractivity contribution in [3.8, 4) is 0 Å². The Morgan fingerprint density at radius 2 is 1.72 bits per heavy atom. The summed E-state index contributed by atoms with van der Waals surface area (Å²) in [6.07, 6.45) is -1.52. The molecule has 2 aromatic carbocycles. The maximum absolute atomic E-state index is 13.0. The number of benzene rings is 2. The third-order valence-corrected chi connectivity index (χ3v) is 3.72. The molecule has 0 fully saturated rings. The number of nitrogens with one attached hydrogen (secondary N) is 1. The molecule has 1 unspecified atom stereocenters. The van der Waals surface area contributed by atoms with Crippen molar-refractivity contribution in [2.75, 3.05) is 7.05 Å². The lowest BCUT2D eigenvalue weighted by molar-refractivity contribution is -0.123. The van der Waals surface area contributed by atoms with Crippen LogP contribution in [0.15, 0.2) is 60.2 Å². The van der Waals surface area contributed by atoms with Gasteiger partial charge in [-0.25, -0.2) is 4.39 Å². The third-order valence-electron chi connectivity index (χ3n) is 3.72. The van der Waals surface area contributed by atoms with Crippen LogP contribution in [0.2, 0.25) is 0 Å². The first-order chi connectivity index (χ1) is 11.9. The van der Waals surface area contributed by atoms with Gasteiger partial charge in [0.1, 0.15) is 11.4 Å². The van der Waals surface area contributed by atoms with Gasteiger partial charge in [-0.1, -0.05) is 42.5 Å². The Hall–Kier alpha value is -2.99. The Morgan fingerprint density at radius 1 is 1.12 bits per heavy atom. The summed E-state index contributed by atoms with van der Waals surface area (Å²) in [6, 6.07) is 13.8. The highest BCUT2D eigenvalue weighted by Gasteiger charge is 2.24. The molecule has 0 spiro atoms. The molecule has 1 amide bonds. The van der Waals surface area contributed by atoms with Crippen LogP contribution in [0, 0.1) is 5.82 Å². The van der Waals surface area contributed by atoms with Crippen molar-refractivity contribution in [1.29, 1.82) is 0 Å². The number of Topliss-reactive ketones (excluding diaryl/α,β-unsaturated/α-hetero) is 1. The van der Waals surface area contributed by atoms with E-state index in [2.05, 4.69) is 5.32 Å². The molecule has 0 saturated heterocycles. The van der Waals surface area contributed by atoms with Crippen LogP contribution < -0.4 is 11.1 Å². The molecule has 0 bridgehead atoms. The standard InChI is InChI=1S/C19H19FN2O3/c1-22-19(25)17(18(21)13-5-3-2-4-6-13)16(24)11-15(23)12-7-9-14(20)10-8-12/h2-10,15,23H,11,21H2,1H3,(H,22,25). The fourth-order valence-corrected chi connectivity index (χ4v) is 2.37. The Balaban J connectivity index is 2.30. The Kier molecular flexibility index (Phi) is 6.03. The summed E-state index contributed by atoms with van der Waals surface area (Å²) in [4.78, 5) is 24.7. The minimum absolute atomic E-state index is 0.0382. The molecule has 130 valence electrons. The Morgan fingerprint density at radius 3 is 2.28 bits per heavy atom. The molecule has 4 N–H and O–H groups in total. The summed E-state index contributed by atoms with van der Waals surface area (Å²) in [5.74, 6) is -1.67. The van der Waals surface area contributed by atoms with Crippen molar-refractivity contribution in [2.24, 2.45) is 5.73 Å². The first-order valence-electron chi connectivity index (χ1n) is 7.68. The number of hydrogen-bond acceptors (Lipinski definition) is 4. The zero-order valence-electron chi connectivity index (χ0n) is 13.7. The fourth-order valence-electron chi connectivity index (χ4n) is 2.37. The molecule has 5 nitrogen and oxygen atoms in total.